The maximum Gasteiger partial charge on any atom is 0.359 e. The van der Waals surface area contributed by atoms with Crippen LogP contribution in [0.4, 0.5) is 0 Å². The molecule has 0 rings (SSSR count). The van der Waals surface area contributed by atoms with Gasteiger partial charge in [0.25, 0.3) is 0 Å². The molecule has 0 radical (unpaired) electrons. The first-order valence-electron chi connectivity index (χ1n) is 13.1. The summed E-state index contributed by atoms with van der Waals surface area (Å²) >= 11 is 0. The van der Waals surface area contributed by atoms with E-state index in [4.69, 9.17) is 9.05 Å². The Balaban J connectivity index is 4.83. The van der Waals surface area contributed by atoms with Gasteiger partial charge in [0, 0.05) is 12.0 Å². The first kappa shape index (κ1) is 31.1. The third kappa shape index (κ3) is 14.0. The van der Waals surface area contributed by atoms with Crippen LogP contribution in [-0.2, 0) is 13.6 Å². The van der Waals surface area contributed by atoms with E-state index in [0.717, 1.165) is 38.8 Å². The molecule has 1 unspecified atom stereocenters. The first-order valence-corrected chi connectivity index (χ1v) is 14.7. The summed E-state index contributed by atoms with van der Waals surface area (Å²) in [6.45, 7) is 15.8. The van der Waals surface area contributed by atoms with Gasteiger partial charge in [-0.1, -0.05) is 106 Å². The molecular weight excluding hydrogens is 409 g/mol. The predicted molar refractivity (Wildman–Crippen MR) is 134 cm³/mol. The maximum absolute atomic E-state index is 13.7. The Morgan fingerprint density at radius 3 is 1.52 bits per heavy atom. The average Bonchev–Trinajstić information content (AvgIpc) is 2.75. The third-order valence-corrected chi connectivity index (χ3v) is 8.45. The minimum absolute atomic E-state index is 0.387. The Bertz CT molecular complexity index is 433. The highest BCUT2D eigenvalue weighted by atomic mass is 31.2. The van der Waals surface area contributed by atoms with Crippen LogP contribution in [0, 0.1) is 5.41 Å². The molecule has 0 aromatic heterocycles. The molecule has 0 heterocycles. The molecule has 0 bridgehead atoms. The molecule has 0 saturated heterocycles. The number of unbranched alkanes of at least 4 members (excludes halogenated alkanes) is 10. The van der Waals surface area contributed by atoms with Crippen LogP contribution in [-0.4, -0.2) is 48.7 Å². The molecule has 0 amide bonds. The number of aliphatic hydroxyl groups is 1. The van der Waals surface area contributed by atoms with E-state index in [1.807, 2.05) is 13.8 Å². The second-order valence-corrected chi connectivity index (χ2v) is 11.7. The minimum Gasteiger partial charge on any atom is -0.380 e. The summed E-state index contributed by atoms with van der Waals surface area (Å²) in [5.41, 5.74) is -0.580. The number of rotatable bonds is 22. The molecule has 6 heteroatoms. The Morgan fingerprint density at radius 2 is 1.13 bits per heavy atom. The van der Waals surface area contributed by atoms with E-state index in [1.54, 1.807) is 0 Å². The van der Waals surface area contributed by atoms with Crippen LogP contribution in [0.1, 0.15) is 119 Å². The van der Waals surface area contributed by atoms with Gasteiger partial charge in [0.05, 0.1) is 13.2 Å². The molecular formula is C25H54NO4P. The highest BCUT2D eigenvalue weighted by Gasteiger charge is 2.45. The van der Waals surface area contributed by atoms with Crippen molar-refractivity contribution in [1.29, 1.82) is 0 Å². The Labute approximate surface area is 194 Å². The molecule has 0 aliphatic heterocycles. The van der Waals surface area contributed by atoms with Gasteiger partial charge in [-0.2, -0.15) is 0 Å². The van der Waals surface area contributed by atoms with Gasteiger partial charge in [0.15, 0.2) is 5.85 Å². The number of nitrogens with zero attached hydrogens (tertiary/aromatic N) is 1. The second-order valence-electron chi connectivity index (χ2n) is 9.57. The van der Waals surface area contributed by atoms with Crippen molar-refractivity contribution in [3.8, 4) is 0 Å². The van der Waals surface area contributed by atoms with E-state index in [9.17, 15) is 9.67 Å². The Hall–Kier alpha value is 0.0700. The Morgan fingerprint density at radius 1 is 0.742 bits per heavy atom. The lowest BCUT2D eigenvalue weighted by Gasteiger charge is -2.38. The normalized spacial score (nSPS) is 13.8. The largest absolute Gasteiger partial charge is 0.380 e. The lowest BCUT2D eigenvalue weighted by atomic mass is 9.93. The number of hydrogen-bond donors (Lipinski definition) is 1. The van der Waals surface area contributed by atoms with Gasteiger partial charge in [0.2, 0.25) is 0 Å². The lowest BCUT2D eigenvalue weighted by molar-refractivity contribution is 0.0438. The Kier molecular flexibility index (Phi) is 18.5. The van der Waals surface area contributed by atoms with Crippen LogP contribution < -0.4 is 0 Å². The highest BCUT2D eigenvalue weighted by Crippen LogP contribution is 2.57. The fourth-order valence-corrected chi connectivity index (χ4v) is 5.92. The minimum atomic E-state index is -3.60. The number of hydrogen-bond acceptors (Lipinski definition) is 5. The standard InChI is InChI=1S/C25H54NO4P/c1-7-11-13-15-17-19-21-29-31(28,30-22-20-18-16-14-12-8-2)24(27)25(5,6)23-26(9-3)10-4/h24,27H,7-23H2,1-6H3. The van der Waals surface area contributed by atoms with Crippen molar-refractivity contribution in [3.63, 3.8) is 0 Å². The summed E-state index contributed by atoms with van der Waals surface area (Å²) in [6, 6.07) is 0. The van der Waals surface area contributed by atoms with Gasteiger partial charge in [-0.15, -0.1) is 0 Å². The van der Waals surface area contributed by atoms with Crippen molar-refractivity contribution in [1.82, 2.24) is 4.90 Å². The van der Waals surface area contributed by atoms with Gasteiger partial charge < -0.3 is 19.1 Å². The molecule has 0 saturated carbocycles. The molecule has 0 aromatic rings. The maximum atomic E-state index is 13.7. The van der Waals surface area contributed by atoms with Crippen molar-refractivity contribution in [2.75, 3.05) is 32.8 Å². The summed E-state index contributed by atoms with van der Waals surface area (Å²) in [5.74, 6) is -1.12. The molecule has 5 nitrogen and oxygen atoms in total. The molecule has 31 heavy (non-hydrogen) atoms. The van der Waals surface area contributed by atoms with Gasteiger partial charge in [-0.25, -0.2) is 0 Å². The summed E-state index contributed by atoms with van der Waals surface area (Å²) in [5, 5.41) is 11.1. The topological polar surface area (TPSA) is 59.0 Å². The van der Waals surface area contributed by atoms with E-state index in [2.05, 4.69) is 32.6 Å². The van der Waals surface area contributed by atoms with E-state index < -0.39 is 18.9 Å². The molecule has 1 atom stereocenters. The van der Waals surface area contributed by atoms with Crippen LogP contribution in [0.25, 0.3) is 0 Å². The van der Waals surface area contributed by atoms with Gasteiger partial charge in [-0.05, 0) is 25.9 Å². The zero-order valence-electron chi connectivity index (χ0n) is 21.7. The summed E-state index contributed by atoms with van der Waals surface area (Å²) in [7, 11) is -3.60. The van der Waals surface area contributed by atoms with Crippen molar-refractivity contribution in [3.05, 3.63) is 0 Å². The lowest BCUT2D eigenvalue weighted by Crippen LogP contribution is -2.42. The number of aliphatic hydroxyl groups excluding tert-OH is 1. The summed E-state index contributed by atoms with van der Waals surface area (Å²) in [6.07, 6.45) is 13.7. The fraction of sp³-hybridized carbons (Fsp3) is 1.00. The second kappa shape index (κ2) is 18.5. The zero-order chi connectivity index (χ0) is 23.6. The third-order valence-electron chi connectivity index (χ3n) is 6.06. The zero-order valence-corrected chi connectivity index (χ0v) is 22.6. The van der Waals surface area contributed by atoms with Crippen LogP contribution in [0.3, 0.4) is 0 Å². The van der Waals surface area contributed by atoms with Crippen LogP contribution in [0.15, 0.2) is 0 Å². The van der Waals surface area contributed by atoms with E-state index in [-0.39, 0.29) is 0 Å². The SMILES string of the molecule is CCCCCCCCOP(=O)(OCCCCCCCC)C(O)C(C)(C)CN(CC)CC. The molecule has 1 N–H and O–H groups in total. The molecule has 0 spiro atoms. The summed E-state index contributed by atoms with van der Waals surface area (Å²) in [4.78, 5) is 2.25. The molecule has 0 aliphatic rings. The van der Waals surface area contributed by atoms with E-state index in [1.165, 1.54) is 51.4 Å². The average molecular weight is 464 g/mol. The van der Waals surface area contributed by atoms with Gasteiger partial charge in [0.1, 0.15) is 0 Å². The molecule has 188 valence electrons. The van der Waals surface area contributed by atoms with Crippen molar-refractivity contribution in [2.24, 2.45) is 5.41 Å². The fourth-order valence-electron chi connectivity index (χ4n) is 3.86. The van der Waals surface area contributed by atoms with Crippen LogP contribution >= 0.6 is 7.60 Å². The van der Waals surface area contributed by atoms with Gasteiger partial charge in [-0.3, -0.25) is 4.57 Å². The van der Waals surface area contributed by atoms with Crippen molar-refractivity contribution in [2.45, 2.75) is 124 Å². The molecule has 0 aromatic carbocycles. The monoisotopic (exact) mass is 463 g/mol. The van der Waals surface area contributed by atoms with E-state index >= 15 is 0 Å². The van der Waals surface area contributed by atoms with Gasteiger partial charge >= 0.3 is 7.60 Å². The predicted octanol–water partition coefficient (Wildman–Crippen LogP) is 7.62. The van der Waals surface area contributed by atoms with Crippen LogP contribution in [0.2, 0.25) is 0 Å². The van der Waals surface area contributed by atoms with Crippen molar-refractivity contribution >= 4 is 7.60 Å². The van der Waals surface area contributed by atoms with Crippen LogP contribution in [0.5, 0.6) is 0 Å². The first-order chi connectivity index (χ1) is 14.8. The molecule has 0 aliphatic carbocycles. The van der Waals surface area contributed by atoms with E-state index in [0.29, 0.717) is 19.8 Å². The van der Waals surface area contributed by atoms with Crippen molar-refractivity contribution < 1.29 is 18.7 Å². The molecule has 0 fully saturated rings. The summed E-state index contributed by atoms with van der Waals surface area (Å²) < 4.78 is 25.4. The quantitative estimate of drug-likeness (QED) is 0.132. The smallest absolute Gasteiger partial charge is 0.359 e. The highest BCUT2D eigenvalue weighted by molar-refractivity contribution is 7.54.